The zero-order chi connectivity index (χ0) is 10.6. The summed E-state index contributed by atoms with van der Waals surface area (Å²) in [4.78, 5) is 0. The van der Waals surface area contributed by atoms with Gasteiger partial charge in [-0.25, -0.2) is 0 Å². The molecule has 1 unspecified atom stereocenters. The lowest BCUT2D eigenvalue weighted by Gasteiger charge is -2.07. The van der Waals surface area contributed by atoms with Crippen LogP contribution in [0.1, 0.15) is 20.3 Å². The summed E-state index contributed by atoms with van der Waals surface area (Å²) in [5.74, 6) is 0.559. The molecular weight excluding hydrogens is 172 g/mol. The van der Waals surface area contributed by atoms with Gasteiger partial charge in [-0.1, -0.05) is 23.8 Å². The molecule has 0 aliphatic heterocycles. The summed E-state index contributed by atoms with van der Waals surface area (Å²) in [6, 6.07) is 0. The van der Waals surface area contributed by atoms with Crippen LogP contribution in [-0.4, -0.2) is 18.4 Å². The molecule has 1 aliphatic rings. The van der Waals surface area contributed by atoms with Crippen LogP contribution in [0, 0.1) is 5.92 Å². The number of hydrazone groups is 1. The van der Waals surface area contributed by atoms with Gasteiger partial charge >= 0.3 is 0 Å². The Morgan fingerprint density at radius 2 is 2.29 bits per heavy atom. The van der Waals surface area contributed by atoms with E-state index >= 15 is 0 Å². The van der Waals surface area contributed by atoms with Gasteiger partial charge in [0, 0.05) is 6.08 Å². The zero-order valence-electron chi connectivity index (χ0n) is 9.25. The van der Waals surface area contributed by atoms with E-state index in [1.807, 2.05) is 7.05 Å². The summed E-state index contributed by atoms with van der Waals surface area (Å²) < 4.78 is 1.79. The van der Waals surface area contributed by atoms with Crippen molar-refractivity contribution in [1.82, 2.24) is 5.43 Å². The van der Waals surface area contributed by atoms with E-state index in [4.69, 9.17) is 0 Å². The Labute approximate surface area is 86.3 Å². The largest absolute Gasteiger partial charge is 0.231 e. The first kappa shape index (κ1) is 10.8. The average molecular weight is 191 g/mol. The van der Waals surface area contributed by atoms with Crippen molar-refractivity contribution < 1.29 is 4.68 Å². The van der Waals surface area contributed by atoms with Crippen LogP contribution in [0.5, 0.6) is 0 Å². The second kappa shape index (κ2) is 4.80. The number of hydrazine groups is 1. The fraction of sp³-hybridized carbons (Fsp3) is 0.417. The lowest BCUT2D eigenvalue weighted by molar-refractivity contribution is -0.522. The summed E-state index contributed by atoms with van der Waals surface area (Å²) in [5, 5.41) is 0. The maximum Gasteiger partial charge on any atom is 0.231 e. The van der Waals surface area contributed by atoms with E-state index in [0.29, 0.717) is 5.92 Å². The fourth-order valence-corrected chi connectivity index (χ4v) is 1.45. The Kier molecular flexibility index (Phi) is 3.69. The van der Waals surface area contributed by atoms with E-state index in [-0.39, 0.29) is 0 Å². The highest BCUT2D eigenvalue weighted by atomic mass is 15.4. The predicted molar refractivity (Wildman–Crippen MR) is 61.2 cm³/mol. The molecule has 0 aromatic heterocycles. The van der Waals surface area contributed by atoms with Crippen LogP contribution in [0.3, 0.4) is 0 Å². The van der Waals surface area contributed by atoms with E-state index in [1.165, 1.54) is 5.57 Å². The van der Waals surface area contributed by atoms with Gasteiger partial charge in [0.15, 0.2) is 6.72 Å². The summed E-state index contributed by atoms with van der Waals surface area (Å²) in [6.07, 6.45) is 9.84. The van der Waals surface area contributed by atoms with E-state index in [9.17, 15) is 0 Å². The van der Waals surface area contributed by atoms with Crippen LogP contribution in [0.15, 0.2) is 35.6 Å². The van der Waals surface area contributed by atoms with Gasteiger partial charge in [0.2, 0.25) is 5.70 Å². The summed E-state index contributed by atoms with van der Waals surface area (Å²) >= 11 is 0. The minimum absolute atomic E-state index is 0.559. The van der Waals surface area contributed by atoms with Crippen molar-refractivity contribution in [1.29, 1.82) is 0 Å². The molecule has 2 nitrogen and oxygen atoms in total. The first-order valence-corrected chi connectivity index (χ1v) is 4.98. The number of hydrogen-bond donors (Lipinski definition) is 1. The third kappa shape index (κ3) is 2.87. The second-order valence-electron chi connectivity index (χ2n) is 3.75. The van der Waals surface area contributed by atoms with Crippen LogP contribution in [-0.2, 0) is 0 Å². The first-order valence-electron chi connectivity index (χ1n) is 4.98. The highest BCUT2D eigenvalue weighted by molar-refractivity contribution is 5.29. The minimum Gasteiger partial charge on any atom is -0.196 e. The van der Waals surface area contributed by atoms with Gasteiger partial charge in [-0.3, -0.25) is 0 Å². The van der Waals surface area contributed by atoms with Crippen molar-refractivity contribution >= 4 is 6.72 Å². The molecule has 0 aromatic rings. The minimum atomic E-state index is 0.559. The molecule has 0 aromatic carbocycles. The van der Waals surface area contributed by atoms with E-state index in [0.717, 1.165) is 12.1 Å². The number of allylic oxidation sites excluding steroid dienone is 5. The fourth-order valence-electron chi connectivity index (χ4n) is 1.45. The van der Waals surface area contributed by atoms with Crippen molar-refractivity contribution in [3.63, 3.8) is 0 Å². The summed E-state index contributed by atoms with van der Waals surface area (Å²) in [6.45, 7) is 8.22. The maximum absolute atomic E-state index is 3.91. The van der Waals surface area contributed by atoms with E-state index < -0.39 is 0 Å². The molecule has 0 spiro atoms. The molecule has 0 saturated heterocycles. The third-order valence-corrected chi connectivity index (χ3v) is 2.30. The molecule has 0 heterocycles. The Morgan fingerprint density at radius 3 is 2.93 bits per heavy atom. The van der Waals surface area contributed by atoms with Gasteiger partial charge in [-0.2, -0.15) is 5.43 Å². The molecule has 2 heteroatoms. The summed E-state index contributed by atoms with van der Waals surface area (Å²) in [5.41, 5.74) is 5.39. The molecule has 0 amide bonds. The number of hydrogen-bond acceptors (Lipinski definition) is 1. The lowest BCUT2D eigenvalue weighted by Crippen LogP contribution is -2.22. The van der Waals surface area contributed by atoms with Crippen LogP contribution in [0.2, 0.25) is 0 Å². The molecule has 0 saturated carbocycles. The van der Waals surface area contributed by atoms with Crippen molar-refractivity contribution in [2.45, 2.75) is 20.3 Å². The third-order valence-electron chi connectivity index (χ3n) is 2.30. The van der Waals surface area contributed by atoms with Gasteiger partial charge in [-0.05, 0) is 30.9 Å². The molecule has 1 N–H and O–H groups in total. The van der Waals surface area contributed by atoms with Gasteiger partial charge in [-0.15, -0.1) is 0 Å². The maximum atomic E-state index is 3.91. The lowest BCUT2D eigenvalue weighted by atomic mass is 10.0. The summed E-state index contributed by atoms with van der Waals surface area (Å²) in [7, 11) is 1.87. The Bertz CT molecular complexity index is 308. The molecule has 1 aliphatic carbocycles. The quantitative estimate of drug-likeness (QED) is 0.402. The normalized spacial score (nSPS) is 24.1. The predicted octanol–water partition coefficient (Wildman–Crippen LogP) is 2.26. The smallest absolute Gasteiger partial charge is 0.196 e. The van der Waals surface area contributed by atoms with Gasteiger partial charge in [0.25, 0.3) is 0 Å². The average Bonchev–Trinajstić information content (AvgIpc) is 2.13. The highest BCUT2D eigenvalue weighted by Gasteiger charge is 2.10. The zero-order valence-corrected chi connectivity index (χ0v) is 9.25. The standard InChI is InChI=1S/C12H19N2/c1-10-6-5-7-11(2)9-12(8-10)14(4)13-3/h5-6,8-9,11,13H,4,7H2,1-3H3/q+1/b6-5+,10-8?,12-9?. The van der Waals surface area contributed by atoms with Crippen molar-refractivity contribution in [3.8, 4) is 0 Å². The van der Waals surface area contributed by atoms with E-state index in [2.05, 4.69) is 50.3 Å². The molecule has 1 atom stereocenters. The molecule has 0 bridgehead atoms. The molecule has 1 rings (SSSR count). The second-order valence-corrected chi connectivity index (χ2v) is 3.75. The Morgan fingerprint density at radius 1 is 1.57 bits per heavy atom. The number of nitrogens with one attached hydrogen (secondary N) is 1. The van der Waals surface area contributed by atoms with Crippen molar-refractivity contribution in [2.24, 2.45) is 5.92 Å². The number of rotatable bonds is 2. The monoisotopic (exact) mass is 191 g/mol. The molecule has 76 valence electrons. The van der Waals surface area contributed by atoms with Crippen LogP contribution in [0.25, 0.3) is 0 Å². The molecule has 0 radical (unpaired) electrons. The Hall–Kier alpha value is -1.31. The first-order chi connectivity index (χ1) is 6.63. The highest BCUT2D eigenvalue weighted by Crippen LogP contribution is 2.15. The topological polar surface area (TPSA) is 15.0 Å². The van der Waals surface area contributed by atoms with Crippen LogP contribution < -0.4 is 5.43 Å². The molecular formula is C12H19N2+. The van der Waals surface area contributed by atoms with Crippen molar-refractivity contribution in [2.75, 3.05) is 7.05 Å². The molecule has 14 heavy (non-hydrogen) atoms. The van der Waals surface area contributed by atoms with Gasteiger partial charge < -0.3 is 0 Å². The van der Waals surface area contributed by atoms with Crippen molar-refractivity contribution in [3.05, 3.63) is 35.6 Å². The van der Waals surface area contributed by atoms with Gasteiger partial charge in [0.05, 0.1) is 7.05 Å². The van der Waals surface area contributed by atoms with Crippen LogP contribution >= 0.6 is 0 Å². The number of nitrogens with zero attached hydrogens (tertiary/aromatic N) is 1. The van der Waals surface area contributed by atoms with Gasteiger partial charge in [0.1, 0.15) is 0 Å². The molecule has 0 fully saturated rings. The SMILES string of the molecule is C=[N+](NC)C1=CC(C)C/C=C/C(C)=C1. The van der Waals surface area contributed by atoms with E-state index in [1.54, 1.807) is 4.68 Å². The Balaban J connectivity index is 2.98. The van der Waals surface area contributed by atoms with Crippen LogP contribution in [0.4, 0.5) is 0 Å².